The van der Waals surface area contributed by atoms with Gasteiger partial charge in [-0.25, -0.2) is 9.37 Å². The normalized spacial score (nSPS) is 15.1. The van der Waals surface area contributed by atoms with Gasteiger partial charge in [-0.3, -0.25) is 0 Å². The van der Waals surface area contributed by atoms with Crippen LogP contribution in [0.25, 0.3) is 0 Å². The van der Waals surface area contributed by atoms with Gasteiger partial charge in [-0.15, -0.1) is 0 Å². The maximum atomic E-state index is 13.8. The first-order chi connectivity index (χ1) is 13.8. The third-order valence-electron chi connectivity index (χ3n) is 4.32. The minimum Gasteiger partial charge on any atom is -0.449 e. The van der Waals surface area contributed by atoms with E-state index in [2.05, 4.69) is 19.4 Å². The van der Waals surface area contributed by atoms with Gasteiger partial charge in [0.05, 0.1) is 11.4 Å². The SMILES string of the molecule is COC(C)(C)c1ccnc(OC(C2=CCSN2)c2ccc(F)c(OC(F)F)c2)n1. The van der Waals surface area contributed by atoms with E-state index in [1.807, 2.05) is 19.9 Å². The number of alkyl halides is 2. The van der Waals surface area contributed by atoms with E-state index in [4.69, 9.17) is 9.47 Å². The highest BCUT2D eigenvalue weighted by Gasteiger charge is 2.26. The highest BCUT2D eigenvalue weighted by Crippen LogP contribution is 2.33. The zero-order chi connectivity index (χ0) is 21.0. The van der Waals surface area contributed by atoms with Crippen LogP contribution >= 0.6 is 11.9 Å². The summed E-state index contributed by atoms with van der Waals surface area (Å²) in [6.45, 7) is 0.555. The largest absolute Gasteiger partial charge is 0.449 e. The lowest BCUT2D eigenvalue weighted by Crippen LogP contribution is -2.22. The molecule has 0 saturated carbocycles. The Morgan fingerprint density at radius 2 is 2.00 bits per heavy atom. The summed E-state index contributed by atoms with van der Waals surface area (Å²) < 4.78 is 57.8. The summed E-state index contributed by atoms with van der Waals surface area (Å²) in [7, 11) is 1.57. The van der Waals surface area contributed by atoms with Gasteiger partial charge >= 0.3 is 12.6 Å². The lowest BCUT2D eigenvalue weighted by molar-refractivity contribution is -0.0523. The molecule has 1 aliphatic heterocycles. The van der Waals surface area contributed by atoms with E-state index in [0.29, 0.717) is 22.7 Å². The molecule has 156 valence electrons. The quantitative estimate of drug-likeness (QED) is 0.628. The summed E-state index contributed by atoms with van der Waals surface area (Å²) in [6, 6.07) is 5.45. The van der Waals surface area contributed by atoms with Crippen molar-refractivity contribution in [2.45, 2.75) is 32.2 Å². The molecule has 0 fully saturated rings. The molecule has 29 heavy (non-hydrogen) atoms. The Kier molecular flexibility index (Phi) is 6.53. The van der Waals surface area contributed by atoms with E-state index in [-0.39, 0.29) is 6.01 Å². The molecule has 1 aromatic carbocycles. The Hall–Kier alpha value is -2.46. The first-order valence-corrected chi connectivity index (χ1v) is 9.66. The van der Waals surface area contributed by atoms with Crippen LogP contribution in [-0.2, 0) is 10.3 Å². The zero-order valence-corrected chi connectivity index (χ0v) is 16.8. The van der Waals surface area contributed by atoms with Crippen molar-refractivity contribution >= 4 is 11.9 Å². The molecule has 6 nitrogen and oxygen atoms in total. The van der Waals surface area contributed by atoms with Crippen LogP contribution in [0.1, 0.15) is 31.2 Å². The number of hydrogen-bond donors (Lipinski definition) is 1. The maximum Gasteiger partial charge on any atom is 0.387 e. The molecule has 0 spiro atoms. The Bertz CT molecular complexity index is 896. The van der Waals surface area contributed by atoms with Crippen LogP contribution in [0, 0.1) is 5.82 Å². The first kappa shape index (κ1) is 21.3. The molecule has 1 atom stereocenters. The van der Waals surface area contributed by atoms with Gasteiger partial charge in [0.25, 0.3) is 0 Å². The van der Waals surface area contributed by atoms with Gasteiger partial charge in [0, 0.05) is 24.6 Å². The van der Waals surface area contributed by atoms with Crippen molar-refractivity contribution in [3.8, 4) is 11.8 Å². The maximum absolute atomic E-state index is 13.8. The van der Waals surface area contributed by atoms with Gasteiger partial charge in [0.1, 0.15) is 5.60 Å². The molecular weight excluding hydrogens is 407 g/mol. The second kappa shape index (κ2) is 8.91. The minimum absolute atomic E-state index is 0.0675. The van der Waals surface area contributed by atoms with Gasteiger partial charge in [0.15, 0.2) is 17.7 Å². The Labute approximate surface area is 170 Å². The van der Waals surface area contributed by atoms with Crippen LogP contribution in [0.5, 0.6) is 11.8 Å². The molecule has 10 heteroatoms. The fraction of sp³-hybridized carbons (Fsp3) is 0.368. The molecule has 0 radical (unpaired) electrons. The first-order valence-electron chi connectivity index (χ1n) is 8.67. The van der Waals surface area contributed by atoms with E-state index in [9.17, 15) is 13.2 Å². The minimum atomic E-state index is -3.14. The number of benzene rings is 1. The smallest absolute Gasteiger partial charge is 0.387 e. The van der Waals surface area contributed by atoms with E-state index in [0.717, 1.165) is 6.07 Å². The standard InChI is InChI=1S/C19H20F3N3O3S/c1-19(2,26-3)15-6-8-23-18(24-15)28-16(13-7-9-29-25-13)11-4-5-12(20)14(10-11)27-17(21)22/h4-8,10,16-17,25H,9H2,1-3H3. The van der Waals surface area contributed by atoms with Gasteiger partial charge in [0.2, 0.25) is 0 Å². The second-order valence-electron chi connectivity index (χ2n) is 6.58. The average Bonchev–Trinajstić information content (AvgIpc) is 3.22. The highest BCUT2D eigenvalue weighted by molar-refractivity contribution is 7.97. The van der Waals surface area contributed by atoms with E-state index < -0.39 is 29.9 Å². The van der Waals surface area contributed by atoms with Crippen LogP contribution < -0.4 is 14.2 Å². The summed E-state index contributed by atoms with van der Waals surface area (Å²) in [5.74, 6) is -0.767. The number of hydrogen-bond acceptors (Lipinski definition) is 7. The molecular formula is C19H20F3N3O3S. The molecule has 1 aromatic heterocycles. The fourth-order valence-electron chi connectivity index (χ4n) is 2.58. The van der Waals surface area contributed by atoms with Crippen molar-refractivity contribution in [3.63, 3.8) is 0 Å². The molecule has 3 rings (SSSR count). The van der Waals surface area contributed by atoms with Crippen molar-refractivity contribution < 1.29 is 27.4 Å². The van der Waals surface area contributed by atoms with Gasteiger partial charge in [-0.2, -0.15) is 13.8 Å². The van der Waals surface area contributed by atoms with E-state index in [1.165, 1.54) is 30.3 Å². The number of aromatic nitrogens is 2. The van der Waals surface area contributed by atoms with Gasteiger partial charge in [-0.05, 0) is 50.1 Å². The molecule has 0 amide bonds. The third kappa shape index (κ3) is 5.13. The van der Waals surface area contributed by atoms with Crippen molar-refractivity contribution in [1.82, 2.24) is 14.7 Å². The summed E-state index contributed by atoms with van der Waals surface area (Å²) in [5, 5.41) is 0. The molecule has 0 aliphatic carbocycles. The van der Waals surface area contributed by atoms with Crippen LogP contribution in [-0.4, -0.2) is 29.4 Å². The number of nitrogens with zero attached hydrogens (tertiary/aromatic N) is 2. The number of rotatable bonds is 8. The number of ether oxygens (including phenoxy) is 3. The molecule has 0 saturated heterocycles. The Balaban J connectivity index is 1.95. The Morgan fingerprint density at radius 1 is 1.21 bits per heavy atom. The van der Waals surface area contributed by atoms with E-state index >= 15 is 0 Å². The van der Waals surface area contributed by atoms with Crippen LogP contribution in [0.3, 0.4) is 0 Å². The zero-order valence-electron chi connectivity index (χ0n) is 16.0. The summed E-state index contributed by atoms with van der Waals surface area (Å²) in [4.78, 5) is 8.53. The lowest BCUT2D eigenvalue weighted by atomic mass is 10.1. The summed E-state index contributed by atoms with van der Waals surface area (Å²) >= 11 is 1.44. The lowest BCUT2D eigenvalue weighted by Gasteiger charge is -2.24. The highest BCUT2D eigenvalue weighted by atomic mass is 32.2. The topological polar surface area (TPSA) is 65.5 Å². The molecule has 2 aromatic rings. The fourth-order valence-corrected chi connectivity index (χ4v) is 3.29. The van der Waals surface area contributed by atoms with Crippen molar-refractivity contribution in [2.24, 2.45) is 0 Å². The second-order valence-corrected chi connectivity index (χ2v) is 7.40. The molecule has 1 unspecified atom stereocenters. The van der Waals surface area contributed by atoms with Crippen molar-refractivity contribution in [3.05, 3.63) is 59.3 Å². The number of methoxy groups -OCH3 is 1. The molecule has 1 aliphatic rings. The third-order valence-corrected chi connectivity index (χ3v) is 5.03. The van der Waals surface area contributed by atoms with Crippen LogP contribution in [0.15, 0.2) is 42.2 Å². The average molecular weight is 427 g/mol. The summed E-state index contributed by atoms with van der Waals surface area (Å²) in [6.07, 6.45) is 2.65. The predicted molar refractivity (Wildman–Crippen MR) is 102 cm³/mol. The van der Waals surface area contributed by atoms with Crippen molar-refractivity contribution in [1.29, 1.82) is 0 Å². The predicted octanol–water partition coefficient (Wildman–Crippen LogP) is 4.35. The number of nitrogens with one attached hydrogen (secondary N) is 1. The van der Waals surface area contributed by atoms with Gasteiger partial charge in [-0.1, -0.05) is 6.07 Å². The van der Waals surface area contributed by atoms with Crippen LogP contribution in [0.4, 0.5) is 13.2 Å². The summed E-state index contributed by atoms with van der Waals surface area (Å²) in [5.41, 5.74) is 1.02. The molecule has 1 N–H and O–H groups in total. The van der Waals surface area contributed by atoms with Crippen molar-refractivity contribution in [2.75, 3.05) is 12.9 Å². The monoisotopic (exact) mass is 427 g/mol. The Morgan fingerprint density at radius 3 is 2.66 bits per heavy atom. The number of halogens is 3. The molecule has 2 heterocycles. The molecule has 0 bridgehead atoms. The van der Waals surface area contributed by atoms with Gasteiger partial charge < -0.3 is 18.9 Å². The van der Waals surface area contributed by atoms with Crippen LogP contribution in [0.2, 0.25) is 0 Å². The van der Waals surface area contributed by atoms with E-state index in [1.54, 1.807) is 13.2 Å².